The number of rotatable bonds is 10. The van der Waals surface area contributed by atoms with Crippen molar-refractivity contribution in [1.29, 1.82) is 0 Å². The van der Waals surface area contributed by atoms with Crippen molar-refractivity contribution in [2.75, 3.05) is 5.75 Å². The topological polar surface area (TPSA) is 96.4 Å². The molecule has 0 spiro atoms. The molecule has 0 radical (unpaired) electrons. The maximum Gasteiger partial charge on any atom is 0.326 e. The molecule has 2 aromatic carbocycles. The Labute approximate surface area is 199 Å². The minimum absolute atomic E-state index is 0.103. The van der Waals surface area contributed by atoms with Gasteiger partial charge in [-0.1, -0.05) is 48.2 Å². The van der Waals surface area contributed by atoms with Crippen LogP contribution < -0.4 is 5.32 Å². The van der Waals surface area contributed by atoms with E-state index in [1.54, 1.807) is 18.3 Å². The van der Waals surface area contributed by atoms with Gasteiger partial charge in [0.05, 0.1) is 5.92 Å². The second kappa shape index (κ2) is 11.7. The number of thiazole rings is 1. The molecule has 0 aliphatic heterocycles. The van der Waals surface area contributed by atoms with E-state index in [1.807, 2.05) is 29.6 Å². The number of nitrogens with one attached hydrogen (secondary N) is 1. The van der Waals surface area contributed by atoms with Crippen molar-refractivity contribution in [2.45, 2.75) is 25.8 Å². The lowest BCUT2D eigenvalue weighted by Gasteiger charge is -2.20. The number of amides is 1. The second-order valence-corrected chi connectivity index (χ2v) is 9.56. The summed E-state index contributed by atoms with van der Waals surface area (Å²) in [5.41, 5.74) is 2.29. The highest BCUT2D eigenvalue weighted by molar-refractivity contribution is 8.13. The zero-order valence-corrected chi connectivity index (χ0v) is 19.5. The molecule has 2 atom stereocenters. The third-order valence-corrected chi connectivity index (χ3v) is 6.72. The van der Waals surface area contributed by atoms with Gasteiger partial charge in [0.15, 0.2) is 5.12 Å². The third kappa shape index (κ3) is 7.50. The Kier molecular flexibility index (Phi) is 8.73. The van der Waals surface area contributed by atoms with Crippen LogP contribution in [-0.4, -0.2) is 38.9 Å². The van der Waals surface area contributed by atoms with Gasteiger partial charge in [-0.2, -0.15) is 0 Å². The van der Waals surface area contributed by atoms with Crippen molar-refractivity contribution in [3.63, 3.8) is 0 Å². The molecule has 1 aromatic heterocycles. The lowest BCUT2D eigenvalue weighted by atomic mass is 9.98. The SMILES string of the molecule is CC(=O)SCC(Cc1cccc(F)c1)C(=O)N[C@@H](Cc1ccc(-c2nccs2)cc1)C(=O)O. The van der Waals surface area contributed by atoms with Gasteiger partial charge in [0, 0.05) is 36.2 Å². The maximum absolute atomic E-state index is 13.6. The summed E-state index contributed by atoms with van der Waals surface area (Å²) in [5.74, 6) is -2.58. The monoisotopic (exact) mass is 486 g/mol. The Hall–Kier alpha value is -3.04. The summed E-state index contributed by atoms with van der Waals surface area (Å²) in [5, 5.41) is 14.9. The van der Waals surface area contributed by atoms with Gasteiger partial charge in [-0.25, -0.2) is 14.2 Å². The maximum atomic E-state index is 13.6. The highest BCUT2D eigenvalue weighted by Gasteiger charge is 2.26. The van der Waals surface area contributed by atoms with E-state index >= 15 is 0 Å². The van der Waals surface area contributed by atoms with Gasteiger partial charge < -0.3 is 10.4 Å². The molecule has 0 saturated carbocycles. The van der Waals surface area contributed by atoms with Crippen molar-refractivity contribution in [1.82, 2.24) is 10.3 Å². The molecular weight excluding hydrogens is 463 g/mol. The van der Waals surface area contributed by atoms with Crippen LogP contribution in [0.4, 0.5) is 4.39 Å². The smallest absolute Gasteiger partial charge is 0.326 e. The molecule has 1 amide bonds. The van der Waals surface area contributed by atoms with Crippen molar-refractivity contribution in [3.8, 4) is 10.6 Å². The van der Waals surface area contributed by atoms with Gasteiger partial charge in [-0.15, -0.1) is 11.3 Å². The van der Waals surface area contributed by atoms with E-state index in [0.29, 0.717) is 5.56 Å². The summed E-state index contributed by atoms with van der Waals surface area (Å²) in [4.78, 5) is 40.5. The molecule has 0 saturated heterocycles. The number of thioether (sulfide) groups is 1. The quantitative estimate of drug-likeness (QED) is 0.446. The summed E-state index contributed by atoms with van der Waals surface area (Å²) in [6.07, 6.45) is 2.01. The van der Waals surface area contributed by atoms with Gasteiger partial charge in [-0.05, 0) is 29.7 Å². The average molecular weight is 487 g/mol. The first-order valence-corrected chi connectivity index (χ1v) is 12.1. The molecule has 0 fully saturated rings. The Morgan fingerprint density at radius 1 is 1.12 bits per heavy atom. The molecule has 33 heavy (non-hydrogen) atoms. The Bertz CT molecular complexity index is 1100. The van der Waals surface area contributed by atoms with Gasteiger partial charge in [0.2, 0.25) is 5.91 Å². The molecule has 2 N–H and O–H groups in total. The average Bonchev–Trinajstić information content (AvgIpc) is 3.31. The van der Waals surface area contributed by atoms with Crippen LogP contribution in [0, 0.1) is 11.7 Å². The minimum atomic E-state index is -1.16. The normalized spacial score (nSPS) is 12.7. The van der Waals surface area contributed by atoms with E-state index in [9.17, 15) is 23.9 Å². The number of aliphatic carboxylic acids is 1. The van der Waals surface area contributed by atoms with Crippen LogP contribution in [0.1, 0.15) is 18.1 Å². The Morgan fingerprint density at radius 2 is 1.88 bits per heavy atom. The minimum Gasteiger partial charge on any atom is -0.480 e. The first-order chi connectivity index (χ1) is 15.8. The van der Waals surface area contributed by atoms with Crippen LogP contribution in [0.2, 0.25) is 0 Å². The number of carboxylic acid groups (broad SMARTS) is 1. The van der Waals surface area contributed by atoms with Gasteiger partial charge in [0.25, 0.3) is 0 Å². The van der Waals surface area contributed by atoms with E-state index in [0.717, 1.165) is 27.9 Å². The van der Waals surface area contributed by atoms with Crippen LogP contribution in [0.15, 0.2) is 60.1 Å². The van der Waals surface area contributed by atoms with Crippen LogP contribution >= 0.6 is 23.1 Å². The molecule has 172 valence electrons. The van der Waals surface area contributed by atoms with Gasteiger partial charge >= 0.3 is 5.97 Å². The van der Waals surface area contributed by atoms with E-state index in [-0.39, 0.29) is 23.7 Å². The van der Waals surface area contributed by atoms with Gasteiger partial charge in [0.1, 0.15) is 16.9 Å². The third-order valence-electron chi connectivity index (χ3n) is 4.92. The highest BCUT2D eigenvalue weighted by atomic mass is 32.2. The molecule has 3 rings (SSSR count). The predicted octanol–water partition coefficient (Wildman–Crippen LogP) is 4.20. The lowest BCUT2D eigenvalue weighted by molar-refractivity contribution is -0.142. The zero-order valence-electron chi connectivity index (χ0n) is 17.9. The van der Waals surface area contributed by atoms with E-state index in [1.165, 1.54) is 30.4 Å². The van der Waals surface area contributed by atoms with E-state index in [2.05, 4.69) is 10.3 Å². The number of carbonyl (C=O) groups is 3. The summed E-state index contributed by atoms with van der Waals surface area (Å²) in [7, 11) is 0. The Balaban J connectivity index is 1.70. The summed E-state index contributed by atoms with van der Waals surface area (Å²) in [6.45, 7) is 1.40. The molecule has 3 aromatic rings. The van der Waals surface area contributed by atoms with Crippen molar-refractivity contribution < 1.29 is 23.9 Å². The van der Waals surface area contributed by atoms with Crippen molar-refractivity contribution in [2.24, 2.45) is 5.92 Å². The molecule has 0 aliphatic rings. The molecular formula is C24H23FN2O4S2. The number of halogens is 1. The summed E-state index contributed by atoms with van der Waals surface area (Å²) >= 11 is 2.49. The van der Waals surface area contributed by atoms with Crippen LogP contribution in [0.3, 0.4) is 0 Å². The summed E-state index contributed by atoms with van der Waals surface area (Å²) < 4.78 is 13.6. The molecule has 1 heterocycles. The fraction of sp³-hybridized carbons (Fsp3) is 0.250. The molecule has 0 aliphatic carbocycles. The van der Waals surface area contributed by atoms with Crippen LogP contribution in [0.25, 0.3) is 10.6 Å². The number of hydrogen-bond donors (Lipinski definition) is 2. The number of nitrogens with zero attached hydrogens (tertiary/aromatic N) is 1. The summed E-state index contributed by atoms with van der Waals surface area (Å²) in [6, 6.07) is 12.1. The lowest BCUT2D eigenvalue weighted by Crippen LogP contribution is -2.46. The standard InChI is InChI=1S/C24H23FN2O4S2/c1-15(28)33-14-19(11-17-3-2-4-20(25)12-17)22(29)27-21(24(30)31)13-16-5-7-18(8-6-16)23-26-9-10-32-23/h2-10,12,19,21H,11,13-14H2,1H3,(H,27,29)(H,30,31)/t19?,21-/m0/s1. The molecule has 6 nitrogen and oxygen atoms in total. The number of hydrogen-bond acceptors (Lipinski definition) is 6. The van der Waals surface area contributed by atoms with E-state index in [4.69, 9.17) is 0 Å². The predicted molar refractivity (Wildman–Crippen MR) is 128 cm³/mol. The first kappa shape index (κ1) is 24.6. The van der Waals surface area contributed by atoms with Crippen LogP contribution in [-0.2, 0) is 27.2 Å². The fourth-order valence-corrected chi connectivity index (χ4v) is 4.62. The van der Waals surface area contributed by atoms with E-state index < -0.39 is 29.7 Å². The highest BCUT2D eigenvalue weighted by Crippen LogP contribution is 2.22. The second-order valence-electron chi connectivity index (χ2n) is 7.47. The number of carbonyl (C=O) groups excluding carboxylic acids is 2. The molecule has 9 heteroatoms. The zero-order chi connectivity index (χ0) is 23.8. The fourth-order valence-electron chi connectivity index (χ4n) is 3.27. The molecule has 0 bridgehead atoms. The van der Waals surface area contributed by atoms with Gasteiger partial charge in [-0.3, -0.25) is 9.59 Å². The number of aromatic nitrogens is 1. The first-order valence-electron chi connectivity index (χ1n) is 10.2. The Morgan fingerprint density at radius 3 is 2.48 bits per heavy atom. The number of carboxylic acids is 1. The van der Waals surface area contributed by atoms with Crippen molar-refractivity contribution in [3.05, 3.63) is 77.1 Å². The molecule has 1 unspecified atom stereocenters. The largest absolute Gasteiger partial charge is 0.480 e. The number of benzene rings is 2. The van der Waals surface area contributed by atoms with Crippen LogP contribution in [0.5, 0.6) is 0 Å². The van der Waals surface area contributed by atoms with Crippen molar-refractivity contribution >= 4 is 40.1 Å².